The molecule has 0 bridgehead atoms. The highest BCUT2D eigenvalue weighted by molar-refractivity contribution is 7.47. The van der Waals surface area contributed by atoms with Crippen LogP contribution < -0.4 is 5.32 Å². The number of amides is 1. The Morgan fingerprint density at radius 1 is 0.390 bits per heavy atom. The van der Waals surface area contributed by atoms with Gasteiger partial charge in [-0.25, -0.2) is 4.57 Å². The SMILES string of the molecule is CCCCCCCCCCCCCCCCCCCCCCCCCCCCCCCCCCCC(O)C(COP(=O)(O)OCC[N+](C)(C)C)NC(=O)CCCCCCCCCCCCCCCCCCCCCCCC. The van der Waals surface area contributed by atoms with E-state index in [2.05, 4.69) is 19.2 Å². The third kappa shape index (κ3) is 62.9. The van der Waals surface area contributed by atoms with E-state index in [1.54, 1.807) is 0 Å². The molecule has 0 aromatic rings. The smallest absolute Gasteiger partial charge is 0.391 e. The van der Waals surface area contributed by atoms with Gasteiger partial charge in [-0.15, -0.1) is 0 Å². The fraction of sp³-hybridized carbons (Fsp3) is 0.985. The van der Waals surface area contributed by atoms with E-state index in [-0.39, 0.29) is 19.1 Å². The third-order valence-electron chi connectivity index (χ3n) is 16.6. The lowest BCUT2D eigenvalue weighted by molar-refractivity contribution is -0.870. The largest absolute Gasteiger partial charge is 0.472 e. The first-order valence-electron chi connectivity index (χ1n) is 34.9. The third-order valence-corrected chi connectivity index (χ3v) is 17.6. The summed E-state index contributed by atoms with van der Waals surface area (Å²) < 4.78 is 23.9. The van der Waals surface area contributed by atoms with E-state index in [1.807, 2.05) is 21.1 Å². The number of phosphoric ester groups is 1. The highest BCUT2D eigenvalue weighted by atomic mass is 31.2. The number of carbonyl (C=O) groups is 1. The lowest BCUT2D eigenvalue weighted by Crippen LogP contribution is -2.46. The predicted octanol–water partition coefficient (Wildman–Crippen LogP) is 21.9. The van der Waals surface area contributed by atoms with Gasteiger partial charge >= 0.3 is 7.82 Å². The Labute approximate surface area is 482 Å². The van der Waals surface area contributed by atoms with Gasteiger partial charge in [-0.2, -0.15) is 0 Å². The van der Waals surface area contributed by atoms with E-state index in [9.17, 15) is 19.4 Å². The first-order valence-corrected chi connectivity index (χ1v) is 36.4. The van der Waals surface area contributed by atoms with Crippen molar-refractivity contribution in [3.8, 4) is 0 Å². The average Bonchev–Trinajstić information content (AvgIpc) is 3.39. The molecule has 0 saturated heterocycles. The second-order valence-electron chi connectivity index (χ2n) is 25.6. The molecule has 0 saturated carbocycles. The maximum absolute atomic E-state index is 13.1. The quantitative estimate of drug-likeness (QED) is 0.0318. The number of quaternary nitrogens is 1. The van der Waals surface area contributed by atoms with Gasteiger partial charge in [-0.1, -0.05) is 361 Å². The number of carbonyl (C=O) groups excluding carboxylic acids is 1. The summed E-state index contributed by atoms with van der Waals surface area (Å²) in [6.07, 6.45) is 74.9. The van der Waals surface area contributed by atoms with Gasteiger partial charge in [0.05, 0.1) is 39.9 Å². The van der Waals surface area contributed by atoms with Crippen LogP contribution in [0.15, 0.2) is 0 Å². The van der Waals surface area contributed by atoms with Crippen molar-refractivity contribution in [2.24, 2.45) is 0 Å². The average molecular weight is 1110 g/mol. The van der Waals surface area contributed by atoms with E-state index >= 15 is 0 Å². The predicted molar refractivity (Wildman–Crippen MR) is 337 cm³/mol. The monoisotopic (exact) mass is 1110 g/mol. The number of nitrogens with zero attached hydrogens (tertiary/aromatic N) is 1. The zero-order valence-electron chi connectivity index (χ0n) is 53.0. The van der Waals surface area contributed by atoms with Crippen molar-refractivity contribution in [2.45, 2.75) is 392 Å². The van der Waals surface area contributed by atoms with Crippen LogP contribution in [0.4, 0.5) is 0 Å². The summed E-state index contributed by atoms with van der Waals surface area (Å²) in [4.78, 5) is 23.4. The molecule has 9 heteroatoms. The summed E-state index contributed by atoms with van der Waals surface area (Å²) in [5.41, 5.74) is 0. The molecule has 462 valence electrons. The maximum Gasteiger partial charge on any atom is 0.472 e. The van der Waals surface area contributed by atoms with Gasteiger partial charge in [-0.05, 0) is 12.8 Å². The zero-order valence-corrected chi connectivity index (χ0v) is 53.9. The molecule has 0 heterocycles. The molecule has 0 aromatic carbocycles. The van der Waals surface area contributed by atoms with E-state index in [0.29, 0.717) is 23.9 Å². The van der Waals surface area contributed by atoms with Crippen LogP contribution >= 0.6 is 7.82 Å². The van der Waals surface area contributed by atoms with Crippen LogP contribution in [0.3, 0.4) is 0 Å². The van der Waals surface area contributed by atoms with Crippen molar-refractivity contribution >= 4 is 13.7 Å². The first kappa shape index (κ1) is 76.5. The van der Waals surface area contributed by atoms with Crippen molar-refractivity contribution in [2.75, 3.05) is 40.9 Å². The van der Waals surface area contributed by atoms with Gasteiger partial charge in [-0.3, -0.25) is 13.8 Å². The molecule has 0 radical (unpaired) electrons. The standard InChI is InChI=1S/C68H139N2O6P/c1-6-8-10-12-14-16-18-20-22-24-26-28-30-31-32-33-34-35-36-37-38-39-40-41-43-45-47-49-51-53-55-57-59-61-67(71)66(65-76-77(73,74)75-64-63-70(3,4)5)69-68(72)62-60-58-56-54-52-50-48-46-44-42-29-27-25-23-21-19-17-15-13-11-9-7-2/h66-67,71H,6-65H2,1-5H3,(H-,69,72,73,74)/p+1. The topological polar surface area (TPSA) is 105 Å². The van der Waals surface area contributed by atoms with Crippen molar-refractivity contribution in [1.82, 2.24) is 5.32 Å². The number of phosphoric acid groups is 1. The molecule has 0 rings (SSSR count). The highest BCUT2D eigenvalue weighted by Crippen LogP contribution is 2.43. The molecule has 3 unspecified atom stereocenters. The maximum atomic E-state index is 13.1. The molecule has 0 spiro atoms. The van der Waals surface area contributed by atoms with E-state index in [4.69, 9.17) is 9.05 Å². The number of rotatable bonds is 66. The number of likely N-dealkylation sites (N-methyl/N-ethyl adjacent to an activating group) is 1. The molecule has 0 fully saturated rings. The van der Waals surface area contributed by atoms with Gasteiger partial charge in [0.2, 0.25) is 5.91 Å². The lowest BCUT2D eigenvalue weighted by atomic mass is 10.0. The second-order valence-corrected chi connectivity index (χ2v) is 27.1. The Morgan fingerprint density at radius 2 is 0.623 bits per heavy atom. The van der Waals surface area contributed by atoms with E-state index in [0.717, 1.165) is 38.5 Å². The van der Waals surface area contributed by atoms with Crippen molar-refractivity contribution in [3.05, 3.63) is 0 Å². The summed E-state index contributed by atoms with van der Waals surface area (Å²) in [5.74, 6) is -0.134. The van der Waals surface area contributed by atoms with E-state index in [1.165, 1.54) is 315 Å². The molecule has 0 aliphatic carbocycles. The minimum absolute atomic E-state index is 0.0794. The molecular formula is C68H140N2O6P+. The normalized spacial score (nSPS) is 13.6. The fourth-order valence-corrected chi connectivity index (χ4v) is 11.9. The van der Waals surface area contributed by atoms with E-state index < -0.39 is 20.0 Å². The Balaban J connectivity index is 3.96. The van der Waals surface area contributed by atoms with Crippen LogP contribution in [0, 0.1) is 0 Å². The molecule has 3 atom stereocenters. The second kappa shape index (κ2) is 60.1. The van der Waals surface area contributed by atoms with Crippen LogP contribution in [-0.4, -0.2) is 73.4 Å². The Kier molecular flexibility index (Phi) is 59.7. The van der Waals surface area contributed by atoms with Gasteiger partial charge in [0.1, 0.15) is 13.2 Å². The van der Waals surface area contributed by atoms with Crippen molar-refractivity contribution in [1.29, 1.82) is 0 Å². The van der Waals surface area contributed by atoms with Crippen LogP contribution in [0.1, 0.15) is 380 Å². The van der Waals surface area contributed by atoms with Gasteiger partial charge in [0, 0.05) is 6.42 Å². The molecule has 3 N–H and O–H groups in total. The number of aliphatic hydroxyl groups is 1. The molecule has 77 heavy (non-hydrogen) atoms. The number of unbranched alkanes of at least 4 members (excludes halogenated alkanes) is 53. The first-order chi connectivity index (χ1) is 37.5. The van der Waals surface area contributed by atoms with Gasteiger partial charge in [0.25, 0.3) is 0 Å². The molecule has 0 aliphatic rings. The molecular weight excluding hydrogens is 972 g/mol. The molecule has 8 nitrogen and oxygen atoms in total. The fourth-order valence-electron chi connectivity index (χ4n) is 11.2. The number of nitrogens with one attached hydrogen (secondary N) is 1. The van der Waals surface area contributed by atoms with Crippen LogP contribution in [0.5, 0.6) is 0 Å². The summed E-state index contributed by atoms with van der Waals surface area (Å²) in [6.45, 7) is 4.97. The van der Waals surface area contributed by atoms with Crippen LogP contribution in [0.2, 0.25) is 0 Å². The number of aliphatic hydroxyl groups excluding tert-OH is 1. The molecule has 0 aromatic heterocycles. The van der Waals surface area contributed by atoms with Crippen LogP contribution in [-0.2, 0) is 18.4 Å². The summed E-state index contributed by atoms with van der Waals surface area (Å²) in [6, 6.07) is -0.756. The molecule has 1 amide bonds. The summed E-state index contributed by atoms with van der Waals surface area (Å²) in [5, 5.41) is 14.1. The minimum Gasteiger partial charge on any atom is -0.391 e. The Morgan fingerprint density at radius 3 is 0.870 bits per heavy atom. The van der Waals surface area contributed by atoms with Crippen molar-refractivity contribution < 1.29 is 32.9 Å². The molecule has 0 aliphatic heterocycles. The summed E-state index contributed by atoms with van der Waals surface area (Å²) >= 11 is 0. The Bertz CT molecular complexity index is 1220. The zero-order chi connectivity index (χ0) is 56.3. The van der Waals surface area contributed by atoms with Gasteiger partial charge < -0.3 is 19.8 Å². The highest BCUT2D eigenvalue weighted by Gasteiger charge is 2.28. The number of hydrogen-bond acceptors (Lipinski definition) is 5. The lowest BCUT2D eigenvalue weighted by Gasteiger charge is -2.26. The summed E-state index contributed by atoms with van der Waals surface area (Å²) in [7, 11) is 1.64. The Hall–Kier alpha value is -0.500. The number of hydrogen-bond donors (Lipinski definition) is 3. The van der Waals surface area contributed by atoms with Crippen molar-refractivity contribution in [3.63, 3.8) is 0 Å². The minimum atomic E-state index is -4.32. The van der Waals surface area contributed by atoms with Gasteiger partial charge in [0.15, 0.2) is 0 Å². The van der Waals surface area contributed by atoms with Crippen LogP contribution in [0.25, 0.3) is 0 Å².